The monoisotopic (exact) mass is 405 g/mol. The molecule has 30 heavy (non-hydrogen) atoms. The van der Waals surface area contributed by atoms with Gasteiger partial charge in [-0.25, -0.2) is 4.79 Å². The van der Waals surface area contributed by atoms with E-state index in [1.54, 1.807) is 24.3 Å². The van der Waals surface area contributed by atoms with Crippen molar-refractivity contribution < 1.29 is 23.9 Å². The van der Waals surface area contributed by atoms with E-state index in [-0.39, 0.29) is 40.0 Å². The highest BCUT2D eigenvalue weighted by molar-refractivity contribution is 6.30. The summed E-state index contributed by atoms with van der Waals surface area (Å²) in [7, 11) is 0. The van der Waals surface area contributed by atoms with Gasteiger partial charge in [0.15, 0.2) is 18.2 Å². The first-order valence-electron chi connectivity index (χ1n) is 10.3. The molecule has 0 bridgehead atoms. The molecule has 2 aromatic carbocycles. The van der Waals surface area contributed by atoms with Crippen LogP contribution in [0.1, 0.15) is 74.8 Å². The molecule has 1 fully saturated rings. The second-order valence-electron chi connectivity index (χ2n) is 7.94. The topological polar surface area (TPSA) is 89.5 Å². The molecule has 154 valence electrons. The van der Waals surface area contributed by atoms with Crippen LogP contribution in [0.3, 0.4) is 0 Å². The van der Waals surface area contributed by atoms with Crippen molar-refractivity contribution in [1.82, 2.24) is 5.32 Å². The summed E-state index contributed by atoms with van der Waals surface area (Å²) in [4.78, 5) is 50.7. The van der Waals surface area contributed by atoms with Crippen LogP contribution >= 0.6 is 0 Å². The van der Waals surface area contributed by atoms with E-state index in [0.717, 1.165) is 25.7 Å². The smallest absolute Gasteiger partial charge is 0.339 e. The number of nitrogens with one attached hydrogen (secondary N) is 1. The normalized spacial score (nSPS) is 20.2. The molecule has 0 saturated heterocycles. The Kier molecular flexibility index (Phi) is 5.48. The fraction of sp³-hybridized carbons (Fsp3) is 0.333. The van der Waals surface area contributed by atoms with Gasteiger partial charge in [-0.2, -0.15) is 0 Å². The highest BCUT2D eigenvalue weighted by atomic mass is 16.5. The first kappa shape index (κ1) is 20.0. The molecular weight excluding hydrogens is 382 g/mol. The second kappa shape index (κ2) is 8.22. The van der Waals surface area contributed by atoms with Crippen molar-refractivity contribution in [3.05, 3.63) is 70.3 Å². The molecule has 0 unspecified atom stereocenters. The molecule has 4 rings (SSSR count). The van der Waals surface area contributed by atoms with Gasteiger partial charge in [-0.05, 0) is 24.8 Å². The minimum absolute atomic E-state index is 0.000752. The van der Waals surface area contributed by atoms with Crippen molar-refractivity contribution in [3.63, 3.8) is 0 Å². The van der Waals surface area contributed by atoms with Crippen LogP contribution in [0.4, 0.5) is 0 Å². The van der Waals surface area contributed by atoms with Gasteiger partial charge in [-0.1, -0.05) is 56.2 Å². The first-order valence-corrected chi connectivity index (χ1v) is 10.3. The van der Waals surface area contributed by atoms with Gasteiger partial charge in [0.05, 0.1) is 5.56 Å². The van der Waals surface area contributed by atoms with Crippen molar-refractivity contribution in [3.8, 4) is 0 Å². The Labute approximate surface area is 174 Å². The molecule has 1 saturated carbocycles. The Hall–Kier alpha value is -3.28. The molecule has 1 N–H and O–H groups in total. The van der Waals surface area contributed by atoms with Crippen LogP contribution < -0.4 is 5.32 Å². The van der Waals surface area contributed by atoms with Crippen molar-refractivity contribution in [1.29, 1.82) is 0 Å². The van der Waals surface area contributed by atoms with E-state index in [9.17, 15) is 19.2 Å². The van der Waals surface area contributed by atoms with Gasteiger partial charge in [-0.15, -0.1) is 0 Å². The molecule has 6 nitrogen and oxygen atoms in total. The zero-order valence-corrected chi connectivity index (χ0v) is 16.8. The summed E-state index contributed by atoms with van der Waals surface area (Å²) in [5.74, 6) is -1.46. The minimum Gasteiger partial charge on any atom is -0.452 e. The van der Waals surface area contributed by atoms with Gasteiger partial charge in [0.2, 0.25) is 0 Å². The summed E-state index contributed by atoms with van der Waals surface area (Å²) in [5.41, 5.74) is 0.793. The van der Waals surface area contributed by atoms with Crippen LogP contribution in [0.25, 0.3) is 0 Å². The molecule has 2 aliphatic rings. The highest BCUT2D eigenvalue weighted by Crippen LogP contribution is 2.30. The predicted molar refractivity (Wildman–Crippen MR) is 110 cm³/mol. The van der Waals surface area contributed by atoms with Crippen LogP contribution in [-0.4, -0.2) is 36.1 Å². The Morgan fingerprint density at radius 1 is 0.933 bits per heavy atom. The van der Waals surface area contributed by atoms with E-state index in [1.807, 2.05) is 0 Å². The Balaban J connectivity index is 1.50. The molecular formula is C24H23NO5. The third-order valence-corrected chi connectivity index (χ3v) is 5.96. The first-order chi connectivity index (χ1) is 14.5. The minimum atomic E-state index is -0.792. The summed E-state index contributed by atoms with van der Waals surface area (Å²) >= 11 is 0. The number of hydrogen-bond donors (Lipinski definition) is 1. The molecule has 2 atom stereocenters. The van der Waals surface area contributed by atoms with Crippen LogP contribution in [0.15, 0.2) is 42.5 Å². The third-order valence-electron chi connectivity index (χ3n) is 5.96. The van der Waals surface area contributed by atoms with E-state index >= 15 is 0 Å². The standard InChI is InChI=1S/C24H23NO5/c1-14-7-2-5-12-19(14)25-20(26)13-30-24(29)18-11-6-10-17-21(18)23(28)16-9-4-3-8-15(16)22(17)27/h3-4,6,8-11,14,19H,2,5,7,12-13H2,1H3,(H,25,26)/t14-,19-/m1/s1. The van der Waals surface area contributed by atoms with Crippen molar-refractivity contribution in [2.45, 2.75) is 38.6 Å². The lowest BCUT2D eigenvalue weighted by Gasteiger charge is -2.29. The number of hydrogen-bond acceptors (Lipinski definition) is 5. The fourth-order valence-electron chi connectivity index (χ4n) is 4.30. The molecule has 2 aliphatic carbocycles. The van der Waals surface area contributed by atoms with Gasteiger partial charge in [-0.3, -0.25) is 14.4 Å². The van der Waals surface area contributed by atoms with Crippen molar-refractivity contribution in [2.24, 2.45) is 5.92 Å². The van der Waals surface area contributed by atoms with Gasteiger partial charge in [0.1, 0.15) is 0 Å². The maximum Gasteiger partial charge on any atom is 0.339 e. The van der Waals surface area contributed by atoms with Crippen LogP contribution in [0.2, 0.25) is 0 Å². The summed E-state index contributed by atoms with van der Waals surface area (Å²) in [6.45, 7) is 1.68. The SMILES string of the molecule is C[C@@H]1CCCC[C@H]1NC(=O)COC(=O)c1cccc2c1C(=O)c1ccccc1C2=O. The number of ketones is 2. The van der Waals surface area contributed by atoms with E-state index in [0.29, 0.717) is 11.5 Å². The second-order valence-corrected chi connectivity index (χ2v) is 7.94. The van der Waals surface area contributed by atoms with Gasteiger partial charge >= 0.3 is 5.97 Å². The zero-order valence-electron chi connectivity index (χ0n) is 16.8. The van der Waals surface area contributed by atoms with E-state index in [4.69, 9.17) is 4.74 Å². The zero-order chi connectivity index (χ0) is 21.3. The maximum atomic E-state index is 13.0. The molecule has 0 heterocycles. The van der Waals surface area contributed by atoms with Gasteiger partial charge in [0.25, 0.3) is 5.91 Å². The Morgan fingerprint density at radius 2 is 1.60 bits per heavy atom. The van der Waals surface area contributed by atoms with Crippen molar-refractivity contribution in [2.75, 3.05) is 6.61 Å². The Bertz CT molecular complexity index is 1040. The molecule has 2 aromatic rings. The average Bonchev–Trinajstić information content (AvgIpc) is 2.77. The molecule has 1 amide bonds. The quantitative estimate of drug-likeness (QED) is 0.673. The van der Waals surface area contributed by atoms with Crippen LogP contribution in [0.5, 0.6) is 0 Å². The lowest BCUT2D eigenvalue weighted by molar-refractivity contribution is -0.125. The Morgan fingerprint density at radius 3 is 2.33 bits per heavy atom. The number of ether oxygens (including phenoxy) is 1. The fourth-order valence-corrected chi connectivity index (χ4v) is 4.30. The average molecular weight is 405 g/mol. The van der Waals surface area contributed by atoms with Gasteiger partial charge in [0, 0.05) is 28.3 Å². The number of rotatable bonds is 4. The number of benzene rings is 2. The number of carbonyl (C=O) groups excluding carboxylic acids is 4. The number of amides is 1. The summed E-state index contributed by atoms with van der Waals surface area (Å²) in [5, 5.41) is 2.93. The van der Waals surface area contributed by atoms with E-state index in [1.165, 1.54) is 18.2 Å². The number of esters is 1. The third kappa shape index (κ3) is 3.65. The molecule has 0 aliphatic heterocycles. The van der Waals surface area contributed by atoms with Gasteiger partial charge < -0.3 is 10.1 Å². The van der Waals surface area contributed by atoms with Crippen molar-refractivity contribution >= 4 is 23.4 Å². The highest BCUT2D eigenvalue weighted by Gasteiger charge is 2.33. The molecule has 0 spiro atoms. The van der Waals surface area contributed by atoms with Crippen LogP contribution in [0, 0.1) is 5.92 Å². The lowest BCUT2D eigenvalue weighted by atomic mass is 9.82. The van der Waals surface area contributed by atoms with Crippen LogP contribution in [-0.2, 0) is 9.53 Å². The van der Waals surface area contributed by atoms with E-state index in [2.05, 4.69) is 12.2 Å². The predicted octanol–water partition coefficient (Wildman–Crippen LogP) is 3.31. The lowest BCUT2D eigenvalue weighted by Crippen LogP contribution is -2.43. The largest absolute Gasteiger partial charge is 0.452 e. The summed E-state index contributed by atoms with van der Waals surface area (Å²) in [6.07, 6.45) is 4.22. The molecule has 6 heteroatoms. The number of fused-ring (bicyclic) bond motifs is 2. The molecule has 0 aromatic heterocycles. The summed E-state index contributed by atoms with van der Waals surface area (Å²) in [6, 6.07) is 11.1. The number of carbonyl (C=O) groups is 4. The maximum absolute atomic E-state index is 13.0. The summed E-state index contributed by atoms with van der Waals surface area (Å²) < 4.78 is 5.19. The van der Waals surface area contributed by atoms with E-state index < -0.39 is 18.4 Å². The molecule has 0 radical (unpaired) electrons.